The van der Waals surface area contributed by atoms with Gasteiger partial charge >= 0.3 is 5.97 Å². The minimum Gasteiger partial charge on any atom is -0.496 e. The van der Waals surface area contributed by atoms with Crippen LogP contribution in [0, 0.1) is 13.8 Å². The number of benzene rings is 1. The van der Waals surface area contributed by atoms with Crippen molar-refractivity contribution < 1.29 is 24.1 Å². The Balaban J connectivity index is 1.89. The molecular formula is C20H28O5. The number of rotatable bonds is 4. The van der Waals surface area contributed by atoms with E-state index >= 15 is 0 Å². The molecule has 1 aromatic rings. The summed E-state index contributed by atoms with van der Waals surface area (Å²) in [5, 5.41) is 9.80. The van der Waals surface area contributed by atoms with Crippen molar-refractivity contribution in [1.29, 1.82) is 0 Å². The lowest BCUT2D eigenvalue weighted by molar-refractivity contribution is -0.160. The van der Waals surface area contributed by atoms with E-state index in [4.69, 9.17) is 14.2 Å². The topological polar surface area (TPSA) is 65.0 Å². The van der Waals surface area contributed by atoms with Gasteiger partial charge in [0, 0.05) is 24.0 Å². The van der Waals surface area contributed by atoms with Crippen LogP contribution >= 0.6 is 0 Å². The molecule has 3 rings (SSSR count). The second kappa shape index (κ2) is 6.52. The summed E-state index contributed by atoms with van der Waals surface area (Å²) in [5.41, 5.74) is 4.33. The van der Waals surface area contributed by atoms with E-state index in [1.54, 1.807) is 7.11 Å². The molecule has 0 aromatic heterocycles. The van der Waals surface area contributed by atoms with Gasteiger partial charge in [0.15, 0.2) is 0 Å². The van der Waals surface area contributed by atoms with Crippen molar-refractivity contribution in [2.45, 2.75) is 77.6 Å². The number of aliphatic hydroxyl groups is 1. The van der Waals surface area contributed by atoms with Gasteiger partial charge in [-0.1, -0.05) is 0 Å². The average Bonchev–Trinajstić information content (AvgIpc) is 2.82. The summed E-state index contributed by atoms with van der Waals surface area (Å²) in [6.45, 7) is 8.32. The van der Waals surface area contributed by atoms with Crippen LogP contribution in [-0.2, 0) is 22.4 Å². The highest BCUT2D eigenvalue weighted by atomic mass is 16.5. The predicted octanol–water partition coefficient (Wildman–Crippen LogP) is 3.02. The Morgan fingerprint density at radius 2 is 2.00 bits per heavy atom. The van der Waals surface area contributed by atoms with Crippen LogP contribution in [0.3, 0.4) is 0 Å². The predicted molar refractivity (Wildman–Crippen MR) is 94.3 cm³/mol. The molecule has 25 heavy (non-hydrogen) atoms. The van der Waals surface area contributed by atoms with Gasteiger partial charge in [0.2, 0.25) is 0 Å². The van der Waals surface area contributed by atoms with E-state index in [1.807, 2.05) is 0 Å². The van der Waals surface area contributed by atoms with E-state index < -0.39 is 6.10 Å². The number of methoxy groups -OCH3 is 1. The second-order valence-corrected chi connectivity index (χ2v) is 7.85. The van der Waals surface area contributed by atoms with Crippen LogP contribution in [0.2, 0.25) is 0 Å². The van der Waals surface area contributed by atoms with Gasteiger partial charge in [0.25, 0.3) is 0 Å². The molecule has 0 spiro atoms. The molecule has 0 radical (unpaired) electrons. The van der Waals surface area contributed by atoms with E-state index in [1.165, 1.54) is 5.56 Å². The standard InChI is InChI=1S/C20H28O5/c1-11-15(7-6-14-8-13(21)9-17(22)24-14)19-16(10-20(3,4)25-19)12(2)18(11)23-5/h13-14,21H,6-10H2,1-5H3/t13-,14-/m0/s1. The zero-order valence-corrected chi connectivity index (χ0v) is 15.8. The van der Waals surface area contributed by atoms with Crippen molar-refractivity contribution in [3.05, 3.63) is 22.3 Å². The fourth-order valence-electron chi connectivity index (χ4n) is 4.10. The normalized spacial score (nSPS) is 24.5. The number of ether oxygens (including phenoxy) is 3. The van der Waals surface area contributed by atoms with Gasteiger partial charge in [-0.05, 0) is 51.7 Å². The lowest BCUT2D eigenvalue weighted by atomic mass is 9.90. The number of aliphatic hydroxyl groups excluding tert-OH is 1. The van der Waals surface area contributed by atoms with Crippen LogP contribution in [0.5, 0.6) is 11.5 Å². The number of cyclic esters (lactones) is 1. The SMILES string of the molecule is COc1c(C)c(CC[C@H]2C[C@H](O)CC(=O)O2)c2c(c1C)CC(C)(C)O2. The first-order valence-electron chi connectivity index (χ1n) is 8.97. The Morgan fingerprint density at radius 1 is 1.28 bits per heavy atom. The van der Waals surface area contributed by atoms with Gasteiger partial charge < -0.3 is 19.3 Å². The third kappa shape index (κ3) is 3.47. The van der Waals surface area contributed by atoms with Crippen molar-refractivity contribution in [2.75, 3.05) is 7.11 Å². The highest BCUT2D eigenvalue weighted by Crippen LogP contribution is 2.46. The van der Waals surface area contributed by atoms with E-state index in [-0.39, 0.29) is 24.1 Å². The maximum absolute atomic E-state index is 11.6. The molecule has 2 aliphatic rings. The van der Waals surface area contributed by atoms with Gasteiger partial charge in [0.05, 0.1) is 19.6 Å². The number of hydrogen-bond donors (Lipinski definition) is 1. The summed E-state index contributed by atoms with van der Waals surface area (Å²) in [4.78, 5) is 11.6. The molecule has 1 saturated heterocycles. The van der Waals surface area contributed by atoms with Crippen LogP contribution in [0.15, 0.2) is 0 Å². The van der Waals surface area contributed by atoms with Gasteiger partial charge in [-0.2, -0.15) is 0 Å². The fourth-order valence-corrected chi connectivity index (χ4v) is 4.10. The number of hydrogen-bond acceptors (Lipinski definition) is 5. The van der Waals surface area contributed by atoms with Crippen molar-refractivity contribution in [1.82, 2.24) is 0 Å². The molecule has 0 saturated carbocycles. The van der Waals surface area contributed by atoms with E-state index in [2.05, 4.69) is 27.7 Å². The van der Waals surface area contributed by atoms with E-state index in [9.17, 15) is 9.90 Å². The molecule has 1 fully saturated rings. The van der Waals surface area contributed by atoms with Gasteiger partial charge in [-0.25, -0.2) is 0 Å². The lowest BCUT2D eigenvalue weighted by Crippen LogP contribution is -2.32. The number of carbonyl (C=O) groups is 1. The van der Waals surface area contributed by atoms with E-state index in [0.717, 1.165) is 41.0 Å². The molecule has 0 bridgehead atoms. The minimum atomic E-state index is -0.596. The van der Waals surface area contributed by atoms with Crippen LogP contribution in [0.1, 0.15) is 55.4 Å². The third-order valence-electron chi connectivity index (χ3n) is 5.27. The van der Waals surface area contributed by atoms with Crippen LogP contribution < -0.4 is 9.47 Å². The first kappa shape index (κ1) is 18.1. The molecule has 0 aliphatic carbocycles. The molecule has 2 aliphatic heterocycles. The van der Waals surface area contributed by atoms with Gasteiger partial charge in [-0.3, -0.25) is 4.79 Å². The number of fused-ring (bicyclic) bond motifs is 1. The largest absolute Gasteiger partial charge is 0.496 e. The Hall–Kier alpha value is -1.75. The first-order chi connectivity index (χ1) is 11.7. The fraction of sp³-hybridized carbons (Fsp3) is 0.650. The summed E-state index contributed by atoms with van der Waals surface area (Å²) >= 11 is 0. The molecule has 138 valence electrons. The summed E-state index contributed by atoms with van der Waals surface area (Å²) in [5.74, 6) is 1.56. The molecule has 2 heterocycles. The summed E-state index contributed by atoms with van der Waals surface area (Å²) in [6.07, 6.45) is 2.02. The molecule has 5 heteroatoms. The first-order valence-corrected chi connectivity index (χ1v) is 8.97. The molecule has 0 unspecified atom stereocenters. The quantitative estimate of drug-likeness (QED) is 0.848. The van der Waals surface area contributed by atoms with Crippen molar-refractivity contribution in [2.24, 2.45) is 0 Å². The highest BCUT2D eigenvalue weighted by Gasteiger charge is 2.36. The second-order valence-electron chi connectivity index (χ2n) is 7.85. The number of esters is 1. The third-order valence-corrected chi connectivity index (χ3v) is 5.27. The summed E-state index contributed by atoms with van der Waals surface area (Å²) in [7, 11) is 1.70. The van der Waals surface area contributed by atoms with Crippen LogP contribution in [-0.4, -0.2) is 36.0 Å². The lowest BCUT2D eigenvalue weighted by Gasteiger charge is -2.27. The maximum Gasteiger partial charge on any atom is 0.308 e. The van der Waals surface area contributed by atoms with Crippen molar-refractivity contribution in [3.8, 4) is 11.5 Å². The Bertz CT molecular complexity index is 692. The zero-order valence-electron chi connectivity index (χ0n) is 15.8. The van der Waals surface area contributed by atoms with E-state index in [0.29, 0.717) is 12.8 Å². The van der Waals surface area contributed by atoms with Crippen LogP contribution in [0.25, 0.3) is 0 Å². The average molecular weight is 348 g/mol. The number of carbonyl (C=O) groups excluding carboxylic acids is 1. The van der Waals surface area contributed by atoms with Gasteiger partial charge in [0.1, 0.15) is 23.2 Å². The molecular weight excluding hydrogens is 320 g/mol. The highest BCUT2D eigenvalue weighted by molar-refractivity contribution is 5.71. The van der Waals surface area contributed by atoms with Crippen molar-refractivity contribution >= 4 is 5.97 Å². The molecule has 1 aromatic carbocycles. The van der Waals surface area contributed by atoms with Crippen molar-refractivity contribution in [3.63, 3.8) is 0 Å². The molecule has 2 atom stereocenters. The smallest absolute Gasteiger partial charge is 0.308 e. The Labute approximate surface area is 149 Å². The summed E-state index contributed by atoms with van der Waals surface area (Å²) < 4.78 is 17.3. The molecule has 0 amide bonds. The Kier molecular flexibility index (Phi) is 4.71. The molecule has 1 N–H and O–H groups in total. The summed E-state index contributed by atoms with van der Waals surface area (Å²) in [6, 6.07) is 0. The maximum atomic E-state index is 11.6. The minimum absolute atomic E-state index is 0.0978. The monoisotopic (exact) mass is 348 g/mol. The van der Waals surface area contributed by atoms with Gasteiger partial charge in [-0.15, -0.1) is 0 Å². The zero-order chi connectivity index (χ0) is 18.4. The Morgan fingerprint density at radius 3 is 2.64 bits per heavy atom. The van der Waals surface area contributed by atoms with Crippen LogP contribution in [0.4, 0.5) is 0 Å². The molecule has 5 nitrogen and oxygen atoms in total.